The lowest BCUT2D eigenvalue weighted by atomic mass is 10.2. The highest BCUT2D eigenvalue weighted by Crippen LogP contribution is 2.34. The van der Waals surface area contributed by atoms with Crippen LogP contribution >= 0.6 is 0 Å². The van der Waals surface area contributed by atoms with Crippen LogP contribution in [0.1, 0.15) is 18.1 Å². The third-order valence-electron chi connectivity index (χ3n) is 5.58. The van der Waals surface area contributed by atoms with Crippen molar-refractivity contribution in [2.45, 2.75) is 18.7 Å². The van der Waals surface area contributed by atoms with Crippen LogP contribution in [0.5, 0.6) is 23.0 Å². The van der Waals surface area contributed by atoms with Gasteiger partial charge in [-0.1, -0.05) is 30.4 Å². The van der Waals surface area contributed by atoms with Gasteiger partial charge in [-0.15, -0.1) is 0 Å². The molecule has 0 fully saturated rings. The van der Waals surface area contributed by atoms with Crippen LogP contribution in [0.15, 0.2) is 83.3 Å². The van der Waals surface area contributed by atoms with E-state index in [-0.39, 0.29) is 10.6 Å². The van der Waals surface area contributed by atoms with Gasteiger partial charge in [-0.05, 0) is 61.9 Å². The van der Waals surface area contributed by atoms with Gasteiger partial charge in [-0.2, -0.15) is 5.10 Å². The van der Waals surface area contributed by atoms with Gasteiger partial charge in [0, 0.05) is 6.07 Å². The molecule has 0 unspecified atom stereocenters. The van der Waals surface area contributed by atoms with E-state index < -0.39 is 22.5 Å². The fourth-order valence-corrected chi connectivity index (χ4v) is 5.03. The number of aryl methyl sites for hydroxylation is 1. The summed E-state index contributed by atoms with van der Waals surface area (Å²) < 4.78 is 50.1. The Kier molecular flexibility index (Phi) is 10.5. The average Bonchev–Trinajstić information content (AvgIpc) is 2.95. The average molecular weight is 568 g/mol. The molecule has 0 aliphatic rings. The number of hydrogen-bond acceptors (Lipinski definition) is 8. The summed E-state index contributed by atoms with van der Waals surface area (Å²) >= 11 is 0. The number of sulfonamides is 1. The fourth-order valence-electron chi connectivity index (χ4n) is 3.62. The molecule has 0 saturated heterocycles. The fraction of sp³-hybridized carbons (Fsp3) is 0.241. The molecule has 3 rings (SSSR count). The first-order valence-corrected chi connectivity index (χ1v) is 13.8. The van der Waals surface area contributed by atoms with Crippen LogP contribution in [0.3, 0.4) is 0 Å². The van der Waals surface area contributed by atoms with E-state index in [1.54, 1.807) is 42.5 Å². The Morgan fingerprint density at radius 2 is 1.65 bits per heavy atom. The van der Waals surface area contributed by atoms with Crippen molar-refractivity contribution < 1.29 is 32.2 Å². The van der Waals surface area contributed by atoms with Gasteiger partial charge >= 0.3 is 0 Å². The number of carbonyl (C=O) groups excluding carboxylic acids is 1. The molecule has 0 bridgehead atoms. The van der Waals surface area contributed by atoms with Crippen LogP contribution in [0, 0.1) is 6.92 Å². The van der Waals surface area contributed by atoms with Gasteiger partial charge in [-0.25, -0.2) is 13.8 Å². The van der Waals surface area contributed by atoms with Crippen molar-refractivity contribution in [3.63, 3.8) is 0 Å². The van der Waals surface area contributed by atoms with Crippen molar-refractivity contribution in [2.75, 3.05) is 38.3 Å². The van der Waals surface area contributed by atoms with Crippen molar-refractivity contribution >= 4 is 27.8 Å². The van der Waals surface area contributed by atoms with Gasteiger partial charge in [0.15, 0.2) is 23.0 Å². The van der Waals surface area contributed by atoms with E-state index in [0.717, 1.165) is 9.87 Å². The van der Waals surface area contributed by atoms with Crippen molar-refractivity contribution in [3.8, 4) is 23.0 Å². The second-order valence-corrected chi connectivity index (χ2v) is 10.3. The van der Waals surface area contributed by atoms with E-state index in [2.05, 4.69) is 17.1 Å². The molecule has 0 saturated carbocycles. The van der Waals surface area contributed by atoms with Crippen LogP contribution in [-0.4, -0.2) is 54.5 Å². The largest absolute Gasteiger partial charge is 0.493 e. The maximum absolute atomic E-state index is 13.6. The van der Waals surface area contributed by atoms with Crippen molar-refractivity contribution in [1.29, 1.82) is 0 Å². The highest BCUT2D eigenvalue weighted by atomic mass is 32.2. The lowest BCUT2D eigenvalue weighted by Crippen LogP contribution is -2.39. The molecule has 11 heteroatoms. The van der Waals surface area contributed by atoms with Crippen molar-refractivity contribution in [1.82, 2.24) is 5.43 Å². The number of ether oxygens (including phenoxy) is 4. The molecule has 0 aromatic heterocycles. The number of benzene rings is 3. The Morgan fingerprint density at radius 1 is 0.950 bits per heavy atom. The van der Waals surface area contributed by atoms with Gasteiger partial charge in [0.05, 0.1) is 37.6 Å². The van der Waals surface area contributed by atoms with Crippen LogP contribution in [-0.2, 0) is 14.8 Å². The normalized spacial score (nSPS) is 11.1. The number of nitrogens with zero attached hydrogens (tertiary/aromatic N) is 2. The summed E-state index contributed by atoms with van der Waals surface area (Å²) in [4.78, 5) is 13.0. The number of hydrogen-bond donors (Lipinski definition) is 1. The quantitative estimate of drug-likeness (QED) is 0.175. The zero-order valence-electron chi connectivity index (χ0n) is 22.9. The maximum atomic E-state index is 13.6. The van der Waals surface area contributed by atoms with E-state index in [1.807, 2.05) is 13.8 Å². The standard InChI is InChI=1S/C29H33N3O7S/c1-6-16-39-26-14-10-22(17-28(26)38-7-2)19-30-31-29(33)20-32(23-11-15-25(36-4)27(18-23)37-5)40(34,35)24-12-8-21(3)9-13-24/h6,8-15,17-19H,1,7,16,20H2,2-5H3,(H,31,33)/b30-19-. The monoisotopic (exact) mass is 567 g/mol. The zero-order chi connectivity index (χ0) is 29.1. The van der Waals surface area contributed by atoms with Gasteiger partial charge in [0.1, 0.15) is 13.2 Å². The first-order valence-electron chi connectivity index (χ1n) is 12.4. The second kappa shape index (κ2) is 14.0. The summed E-state index contributed by atoms with van der Waals surface area (Å²) in [6, 6.07) is 16.2. The maximum Gasteiger partial charge on any atom is 0.264 e. The molecule has 1 N–H and O–H groups in total. The molecule has 0 radical (unpaired) electrons. The minimum Gasteiger partial charge on any atom is -0.493 e. The molecule has 1 amide bonds. The number of anilines is 1. The van der Waals surface area contributed by atoms with E-state index >= 15 is 0 Å². The Balaban J connectivity index is 1.85. The highest BCUT2D eigenvalue weighted by molar-refractivity contribution is 7.92. The van der Waals surface area contributed by atoms with Crippen LogP contribution in [0.25, 0.3) is 0 Å². The van der Waals surface area contributed by atoms with Gasteiger partial charge in [-0.3, -0.25) is 9.10 Å². The van der Waals surface area contributed by atoms with Crippen LogP contribution < -0.4 is 28.7 Å². The number of rotatable bonds is 14. The Hall–Kier alpha value is -4.51. The lowest BCUT2D eigenvalue weighted by Gasteiger charge is -2.24. The Labute approximate surface area is 234 Å². The Bertz CT molecular complexity index is 1450. The number of amides is 1. The lowest BCUT2D eigenvalue weighted by molar-refractivity contribution is -0.119. The van der Waals surface area contributed by atoms with Crippen LogP contribution in [0.4, 0.5) is 5.69 Å². The molecule has 0 aliphatic heterocycles. The van der Waals surface area contributed by atoms with Crippen LogP contribution in [0.2, 0.25) is 0 Å². The molecule has 0 aliphatic carbocycles. The number of methoxy groups -OCH3 is 2. The molecule has 0 heterocycles. The van der Waals surface area contributed by atoms with Gasteiger partial charge in [0.2, 0.25) is 0 Å². The molecule has 0 atom stereocenters. The van der Waals surface area contributed by atoms with E-state index in [4.69, 9.17) is 18.9 Å². The summed E-state index contributed by atoms with van der Waals surface area (Å²) in [5, 5.41) is 4.01. The van der Waals surface area contributed by atoms with E-state index in [0.29, 0.717) is 41.8 Å². The third-order valence-corrected chi connectivity index (χ3v) is 7.37. The van der Waals surface area contributed by atoms with E-state index in [9.17, 15) is 13.2 Å². The molecule has 3 aromatic carbocycles. The molecule has 212 valence electrons. The van der Waals surface area contributed by atoms with Gasteiger partial charge in [0.25, 0.3) is 15.9 Å². The minimum absolute atomic E-state index is 0.0337. The molecular weight excluding hydrogens is 534 g/mol. The number of carbonyl (C=O) groups is 1. The topological polar surface area (TPSA) is 116 Å². The van der Waals surface area contributed by atoms with Crippen molar-refractivity contribution in [3.05, 3.63) is 84.4 Å². The SMILES string of the molecule is C=CCOc1ccc(/C=N\NC(=O)CN(c2ccc(OC)c(OC)c2)S(=O)(=O)c2ccc(C)cc2)cc1OCC. The van der Waals surface area contributed by atoms with Gasteiger partial charge < -0.3 is 18.9 Å². The summed E-state index contributed by atoms with van der Waals surface area (Å²) in [5.41, 5.74) is 4.15. The summed E-state index contributed by atoms with van der Waals surface area (Å²) in [7, 11) is -1.21. The number of nitrogens with one attached hydrogen (secondary N) is 1. The zero-order valence-corrected chi connectivity index (χ0v) is 23.7. The molecule has 10 nitrogen and oxygen atoms in total. The predicted octanol–water partition coefficient (Wildman–Crippen LogP) is 4.32. The first kappa shape index (κ1) is 30.0. The minimum atomic E-state index is -4.13. The summed E-state index contributed by atoms with van der Waals surface area (Å²) in [6.07, 6.45) is 3.05. The molecular formula is C29H33N3O7S. The second-order valence-electron chi connectivity index (χ2n) is 8.40. The first-order chi connectivity index (χ1) is 19.2. The van der Waals surface area contributed by atoms with E-state index in [1.165, 1.54) is 44.7 Å². The van der Waals surface area contributed by atoms with Crippen molar-refractivity contribution in [2.24, 2.45) is 5.10 Å². The molecule has 40 heavy (non-hydrogen) atoms. The number of hydrazone groups is 1. The summed E-state index contributed by atoms with van der Waals surface area (Å²) in [5.74, 6) is 1.14. The molecule has 3 aromatic rings. The third kappa shape index (κ3) is 7.54. The summed E-state index contributed by atoms with van der Waals surface area (Å²) in [6.45, 7) is 7.56. The highest BCUT2D eigenvalue weighted by Gasteiger charge is 2.28. The molecule has 0 spiro atoms. The smallest absolute Gasteiger partial charge is 0.264 e. The Morgan fingerprint density at radius 3 is 2.30 bits per heavy atom. The predicted molar refractivity (Wildman–Crippen MR) is 154 cm³/mol.